The molecule has 0 spiro atoms. The van der Waals surface area contributed by atoms with E-state index in [9.17, 15) is 4.39 Å². The standard InChI is InChI=1S/C11H15FINO/c1-3-15-7-8(2)14-11-5-4-9(12)6-10(11)13/h4-6,8,14H,3,7H2,1-2H3. The second-order valence-electron chi connectivity index (χ2n) is 3.33. The molecule has 2 nitrogen and oxygen atoms in total. The van der Waals surface area contributed by atoms with Crippen molar-refractivity contribution in [3.8, 4) is 0 Å². The van der Waals surface area contributed by atoms with Crippen LogP contribution in [0.1, 0.15) is 13.8 Å². The molecule has 0 aliphatic carbocycles. The van der Waals surface area contributed by atoms with Crippen LogP contribution in [0.25, 0.3) is 0 Å². The van der Waals surface area contributed by atoms with Gasteiger partial charge in [0, 0.05) is 21.9 Å². The van der Waals surface area contributed by atoms with Gasteiger partial charge in [-0.05, 0) is 54.6 Å². The van der Waals surface area contributed by atoms with Crippen molar-refractivity contribution in [2.75, 3.05) is 18.5 Å². The highest BCUT2D eigenvalue weighted by Crippen LogP contribution is 2.19. The summed E-state index contributed by atoms with van der Waals surface area (Å²) in [6.45, 7) is 5.37. The minimum absolute atomic E-state index is 0.206. The molecule has 84 valence electrons. The van der Waals surface area contributed by atoms with Gasteiger partial charge in [0.2, 0.25) is 0 Å². The Bertz CT molecular complexity index is 319. The van der Waals surface area contributed by atoms with E-state index >= 15 is 0 Å². The van der Waals surface area contributed by atoms with Crippen LogP contribution in [0.3, 0.4) is 0 Å². The van der Waals surface area contributed by atoms with Gasteiger partial charge in [0.25, 0.3) is 0 Å². The molecule has 1 N–H and O–H groups in total. The highest BCUT2D eigenvalue weighted by Gasteiger charge is 2.05. The van der Waals surface area contributed by atoms with Crippen LogP contribution in [0.5, 0.6) is 0 Å². The number of halogens is 2. The molecule has 1 unspecified atom stereocenters. The third-order valence-electron chi connectivity index (χ3n) is 1.91. The van der Waals surface area contributed by atoms with Crippen LogP contribution in [0.2, 0.25) is 0 Å². The van der Waals surface area contributed by atoms with E-state index in [0.29, 0.717) is 13.2 Å². The second kappa shape index (κ2) is 6.27. The zero-order valence-corrected chi connectivity index (χ0v) is 11.0. The Balaban J connectivity index is 2.56. The van der Waals surface area contributed by atoms with Gasteiger partial charge in [-0.1, -0.05) is 0 Å². The summed E-state index contributed by atoms with van der Waals surface area (Å²) in [6, 6.07) is 4.94. The third-order valence-corrected chi connectivity index (χ3v) is 2.80. The van der Waals surface area contributed by atoms with Gasteiger partial charge in [0.05, 0.1) is 6.61 Å². The van der Waals surface area contributed by atoms with Crippen LogP contribution in [0, 0.1) is 9.39 Å². The van der Waals surface area contributed by atoms with E-state index in [4.69, 9.17) is 4.74 Å². The lowest BCUT2D eigenvalue weighted by atomic mass is 10.2. The topological polar surface area (TPSA) is 21.3 Å². The Morgan fingerprint density at radius 1 is 1.53 bits per heavy atom. The quantitative estimate of drug-likeness (QED) is 0.840. The Morgan fingerprint density at radius 2 is 2.27 bits per heavy atom. The van der Waals surface area contributed by atoms with Crippen molar-refractivity contribution in [1.82, 2.24) is 0 Å². The number of benzene rings is 1. The van der Waals surface area contributed by atoms with Crippen LogP contribution in [0.15, 0.2) is 18.2 Å². The predicted octanol–water partition coefficient (Wildman–Crippen LogP) is 3.27. The van der Waals surface area contributed by atoms with Crippen molar-refractivity contribution in [3.63, 3.8) is 0 Å². The SMILES string of the molecule is CCOCC(C)Nc1ccc(F)cc1I. The highest BCUT2D eigenvalue weighted by atomic mass is 127. The molecule has 0 aliphatic heterocycles. The fourth-order valence-electron chi connectivity index (χ4n) is 1.21. The van der Waals surface area contributed by atoms with Crippen LogP contribution in [0.4, 0.5) is 10.1 Å². The molecular weight excluding hydrogens is 308 g/mol. The van der Waals surface area contributed by atoms with Gasteiger partial charge in [-0.15, -0.1) is 0 Å². The van der Waals surface area contributed by atoms with Crippen LogP contribution >= 0.6 is 22.6 Å². The summed E-state index contributed by atoms with van der Waals surface area (Å²) in [5, 5.41) is 3.27. The van der Waals surface area contributed by atoms with E-state index in [-0.39, 0.29) is 11.9 Å². The molecule has 1 rings (SSSR count). The van der Waals surface area contributed by atoms with Crippen LogP contribution in [-0.4, -0.2) is 19.3 Å². The van der Waals surface area contributed by atoms with Crippen LogP contribution in [-0.2, 0) is 4.74 Å². The van der Waals surface area contributed by atoms with Crippen LogP contribution < -0.4 is 5.32 Å². The summed E-state index contributed by atoms with van der Waals surface area (Å²) in [6.07, 6.45) is 0. The molecule has 0 bridgehead atoms. The van der Waals surface area contributed by atoms with Crippen molar-refractivity contribution in [2.45, 2.75) is 19.9 Å². The lowest BCUT2D eigenvalue weighted by Crippen LogP contribution is -2.22. The number of hydrogen-bond acceptors (Lipinski definition) is 2. The number of ether oxygens (including phenoxy) is 1. The first-order valence-corrected chi connectivity index (χ1v) is 6.00. The number of rotatable bonds is 5. The molecule has 1 aromatic carbocycles. The normalized spacial score (nSPS) is 12.5. The predicted molar refractivity (Wildman–Crippen MR) is 68.7 cm³/mol. The molecule has 1 atom stereocenters. The van der Waals surface area contributed by atoms with Gasteiger partial charge in [0.15, 0.2) is 0 Å². The molecule has 0 aliphatic rings. The van der Waals surface area contributed by atoms with Gasteiger partial charge in [-0.2, -0.15) is 0 Å². The molecule has 4 heteroatoms. The fraction of sp³-hybridized carbons (Fsp3) is 0.455. The number of nitrogens with one attached hydrogen (secondary N) is 1. The highest BCUT2D eigenvalue weighted by molar-refractivity contribution is 14.1. The van der Waals surface area contributed by atoms with Gasteiger partial charge >= 0.3 is 0 Å². The van der Waals surface area contributed by atoms with Crippen molar-refractivity contribution in [2.24, 2.45) is 0 Å². The lowest BCUT2D eigenvalue weighted by molar-refractivity contribution is 0.141. The Hall–Kier alpha value is -0.360. The summed E-state index contributed by atoms with van der Waals surface area (Å²) < 4.78 is 19.0. The summed E-state index contributed by atoms with van der Waals surface area (Å²) in [5.74, 6) is -0.206. The largest absolute Gasteiger partial charge is 0.380 e. The first kappa shape index (κ1) is 12.7. The Labute approximate surface area is 103 Å². The van der Waals surface area contributed by atoms with Gasteiger partial charge in [0.1, 0.15) is 5.82 Å². The van der Waals surface area contributed by atoms with E-state index in [1.165, 1.54) is 12.1 Å². The zero-order chi connectivity index (χ0) is 11.3. The minimum atomic E-state index is -0.206. The van der Waals surface area contributed by atoms with E-state index in [1.807, 2.05) is 13.8 Å². The maximum absolute atomic E-state index is 12.8. The molecule has 0 heterocycles. The molecule has 0 amide bonds. The summed E-state index contributed by atoms with van der Waals surface area (Å²) in [7, 11) is 0. The van der Waals surface area contributed by atoms with E-state index in [1.54, 1.807) is 6.07 Å². The molecular formula is C11H15FINO. The molecule has 0 fully saturated rings. The third kappa shape index (κ3) is 4.34. The molecule has 1 aromatic rings. The van der Waals surface area contributed by atoms with Crippen molar-refractivity contribution >= 4 is 28.3 Å². The van der Waals surface area contributed by atoms with E-state index < -0.39 is 0 Å². The molecule has 0 saturated carbocycles. The monoisotopic (exact) mass is 323 g/mol. The smallest absolute Gasteiger partial charge is 0.124 e. The number of anilines is 1. The lowest BCUT2D eigenvalue weighted by Gasteiger charge is -2.16. The van der Waals surface area contributed by atoms with E-state index in [0.717, 1.165) is 9.26 Å². The molecule has 0 saturated heterocycles. The first-order valence-electron chi connectivity index (χ1n) is 4.92. The van der Waals surface area contributed by atoms with Crippen molar-refractivity contribution in [3.05, 3.63) is 27.6 Å². The maximum atomic E-state index is 12.8. The summed E-state index contributed by atoms with van der Waals surface area (Å²) in [4.78, 5) is 0. The van der Waals surface area contributed by atoms with Gasteiger partial charge in [-0.3, -0.25) is 0 Å². The fourth-order valence-corrected chi connectivity index (χ4v) is 1.84. The maximum Gasteiger partial charge on any atom is 0.124 e. The minimum Gasteiger partial charge on any atom is -0.380 e. The average molecular weight is 323 g/mol. The second-order valence-corrected chi connectivity index (χ2v) is 4.49. The number of hydrogen-bond donors (Lipinski definition) is 1. The van der Waals surface area contributed by atoms with Crippen molar-refractivity contribution in [1.29, 1.82) is 0 Å². The zero-order valence-electron chi connectivity index (χ0n) is 8.89. The van der Waals surface area contributed by atoms with E-state index in [2.05, 4.69) is 27.9 Å². The Morgan fingerprint density at radius 3 is 2.87 bits per heavy atom. The van der Waals surface area contributed by atoms with Gasteiger partial charge in [-0.25, -0.2) is 4.39 Å². The van der Waals surface area contributed by atoms with Crippen molar-refractivity contribution < 1.29 is 9.13 Å². The molecule has 0 radical (unpaired) electrons. The molecule has 0 aromatic heterocycles. The Kier molecular flexibility index (Phi) is 5.31. The van der Waals surface area contributed by atoms with Gasteiger partial charge < -0.3 is 10.1 Å². The first-order chi connectivity index (χ1) is 7.13. The molecule has 15 heavy (non-hydrogen) atoms. The summed E-state index contributed by atoms with van der Waals surface area (Å²) >= 11 is 2.11. The average Bonchev–Trinajstić information content (AvgIpc) is 2.19. The summed E-state index contributed by atoms with van der Waals surface area (Å²) in [5.41, 5.74) is 0.948.